The van der Waals surface area contributed by atoms with E-state index in [2.05, 4.69) is 25.2 Å². The number of anilines is 2. The zero-order valence-electron chi connectivity index (χ0n) is 14.7. The first kappa shape index (κ1) is 18.6. The molecule has 0 saturated carbocycles. The van der Waals surface area contributed by atoms with Crippen LogP contribution in [0.15, 0.2) is 65.8 Å². The fraction of sp³-hybridized carbons (Fsp3) is 0.167. The number of nitrogens with zero attached hydrogens (tertiary/aromatic N) is 3. The number of benzene rings is 1. The van der Waals surface area contributed by atoms with Gasteiger partial charge in [-0.2, -0.15) is 0 Å². The van der Waals surface area contributed by atoms with E-state index in [0.29, 0.717) is 24.7 Å². The number of rotatable bonds is 8. The second kappa shape index (κ2) is 8.45. The summed E-state index contributed by atoms with van der Waals surface area (Å²) >= 11 is 0. The summed E-state index contributed by atoms with van der Waals surface area (Å²) in [7, 11) is -3.75. The Balaban J connectivity index is 1.62. The van der Waals surface area contributed by atoms with Gasteiger partial charge < -0.3 is 10.1 Å². The molecule has 0 fully saturated rings. The van der Waals surface area contributed by atoms with Crippen LogP contribution in [0.1, 0.15) is 12.5 Å². The van der Waals surface area contributed by atoms with Gasteiger partial charge in [0, 0.05) is 18.9 Å². The first-order chi connectivity index (χ1) is 13.1. The molecule has 0 atom stereocenters. The second-order valence-corrected chi connectivity index (χ2v) is 7.21. The number of nitrogens with one attached hydrogen (secondary N) is 2. The van der Waals surface area contributed by atoms with Gasteiger partial charge in [-0.15, -0.1) is 10.2 Å². The van der Waals surface area contributed by atoms with Crippen LogP contribution < -0.4 is 14.8 Å². The Morgan fingerprint density at radius 2 is 1.59 bits per heavy atom. The Hall–Kier alpha value is -3.20. The maximum Gasteiger partial charge on any atom is 0.263 e. The summed E-state index contributed by atoms with van der Waals surface area (Å²) in [5.74, 6) is 1.29. The maximum atomic E-state index is 12.4. The molecule has 27 heavy (non-hydrogen) atoms. The largest absolute Gasteiger partial charge is 0.494 e. The summed E-state index contributed by atoms with van der Waals surface area (Å²) in [5.41, 5.74) is 1.05. The van der Waals surface area contributed by atoms with Crippen molar-refractivity contribution in [2.45, 2.75) is 18.4 Å². The lowest BCUT2D eigenvalue weighted by Gasteiger charge is -2.09. The average molecular weight is 385 g/mol. The van der Waals surface area contributed by atoms with Gasteiger partial charge in [0.05, 0.1) is 11.5 Å². The molecule has 1 aromatic carbocycles. The molecule has 2 heterocycles. The molecule has 0 aliphatic heterocycles. The van der Waals surface area contributed by atoms with Crippen LogP contribution in [-0.2, 0) is 16.6 Å². The van der Waals surface area contributed by atoms with Crippen LogP contribution in [0.5, 0.6) is 5.75 Å². The predicted octanol–water partition coefficient (Wildman–Crippen LogP) is 2.68. The zero-order chi connectivity index (χ0) is 19.1. The van der Waals surface area contributed by atoms with Crippen LogP contribution in [0.4, 0.5) is 11.6 Å². The number of ether oxygens (including phenoxy) is 1. The van der Waals surface area contributed by atoms with Gasteiger partial charge in [-0.1, -0.05) is 0 Å². The fourth-order valence-electron chi connectivity index (χ4n) is 2.25. The van der Waals surface area contributed by atoms with Gasteiger partial charge in [-0.3, -0.25) is 9.71 Å². The van der Waals surface area contributed by atoms with Crippen molar-refractivity contribution in [3.8, 4) is 5.75 Å². The summed E-state index contributed by atoms with van der Waals surface area (Å²) in [6.07, 6.45) is 3.42. The molecule has 0 radical (unpaired) electrons. The van der Waals surface area contributed by atoms with Crippen molar-refractivity contribution in [3.05, 3.63) is 66.5 Å². The van der Waals surface area contributed by atoms with Crippen LogP contribution in [0.25, 0.3) is 0 Å². The van der Waals surface area contributed by atoms with E-state index in [1.807, 2.05) is 19.1 Å². The first-order valence-electron chi connectivity index (χ1n) is 8.29. The minimum Gasteiger partial charge on any atom is -0.494 e. The number of hydrogen-bond acceptors (Lipinski definition) is 7. The molecule has 2 aromatic heterocycles. The molecule has 0 bridgehead atoms. The van der Waals surface area contributed by atoms with E-state index >= 15 is 0 Å². The molecule has 140 valence electrons. The van der Waals surface area contributed by atoms with Gasteiger partial charge in [0.1, 0.15) is 11.6 Å². The Morgan fingerprint density at radius 3 is 2.22 bits per heavy atom. The van der Waals surface area contributed by atoms with Gasteiger partial charge in [-0.05, 0) is 61.0 Å². The second-order valence-electron chi connectivity index (χ2n) is 5.52. The molecular weight excluding hydrogens is 366 g/mol. The van der Waals surface area contributed by atoms with Gasteiger partial charge in [-0.25, -0.2) is 8.42 Å². The van der Waals surface area contributed by atoms with Gasteiger partial charge in [0.2, 0.25) is 0 Å². The van der Waals surface area contributed by atoms with E-state index < -0.39 is 10.0 Å². The molecule has 3 rings (SSSR count). The molecule has 3 aromatic rings. The van der Waals surface area contributed by atoms with Crippen LogP contribution in [0, 0.1) is 0 Å². The van der Waals surface area contributed by atoms with E-state index in [1.165, 1.54) is 12.1 Å². The predicted molar refractivity (Wildman–Crippen MR) is 102 cm³/mol. The van der Waals surface area contributed by atoms with E-state index in [-0.39, 0.29) is 10.7 Å². The van der Waals surface area contributed by atoms with Crippen LogP contribution >= 0.6 is 0 Å². The number of hydrogen-bond donors (Lipinski definition) is 2. The highest BCUT2D eigenvalue weighted by atomic mass is 32.2. The van der Waals surface area contributed by atoms with Crippen LogP contribution in [0.3, 0.4) is 0 Å². The monoisotopic (exact) mass is 385 g/mol. The third-order valence-corrected chi connectivity index (χ3v) is 4.94. The summed E-state index contributed by atoms with van der Waals surface area (Å²) in [6.45, 7) is 2.94. The van der Waals surface area contributed by atoms with Crippen molar-refractivity contribution in [1.82, 2.24) is 15.2 Å². The SMILES string of the molecule is CCOc1ccc(S(=O)(=O)Nc2ccc(NCc3ccncc3)nn2)cc1. The van der Waals surface area contributed by atoms with Gasteiger partial charge in [0.25, 0.3) is 10.0 Å². The lowest BCUT2D eigenvalue weighted by atomic mass is 10.3. The molecule has 0 spiro atoms. The standard InChI is InChI=1S/C18H19N5O3S/c1-2-26-15-3-5-16(6-4-15)27(24,25)23-18-8-7-17(21-22-18)20-13-14-9-11-19-12-10-14/h3-12H,2,13H2,1H3,(H,20,21)(H,22,23). The van der Waals surface area contributed by atoms with Crippen molar-refractivity contribution in [3.63, 3.8) is 0 Å². The summed E-state index contributed by atoms with van der Waals surface area (Å²) < 4.78 is 32.6. The van der Waals surface area contributed by atoms with E-state index in [0.717, 1.165) is 5.56 Å². The normalized spacial score (nSPS) is 11.0. The van der Waals surface area contributed by atoms with Crippen molar-refractivity contribution in [2.24, 2.45) is 0 Å². The van der Waals surface area contributed by atoms with E-state index in [1.54, 1.807) is 36.7 Å². The topological polar surface area (TPSA) is 106 Å². The smallest absolute Gasteiger partial charge is 0.263 e. The molecule has 0 saturated heterocycles. The molecule has 8 nitrogen and oxygen atoms in total. The van der Waals surface area contributed by atoms with Crippen molar-refractivity contribution < 1.29 is 13.2 Å². The van der Waals surface area contributed by atoms with Crippen LogP contribution in [-0.4, -0.2) is 30.2 Å². The molecule has 9 heteroatoms. The fourth-order valence-corrected chi connectivity index (χ4v) is 3.25. The Kier molecular flexibility index (Phi) is 5.82. The van der Waals surface area contributed by atoms with Crippen molar-refractivity contribution in [2.75, 3.05) is 16.6 Å². The minimum atomic E-state index is -3.75. The van der Waals surface area contributed by atoms with Gasteiger partial charge >= 0.3 is 0 Å². The molecule has 0 amide bonds. The number of pyridine rings is 1. The molecular formula is C18H19N5O3S. The quantitative estimate of drug-likeness (QED) is 0.614. The Labute approximate surface area is 157 Å². The Morgan fingerprint density at radius 1 is 0.926 bits per heavy atom. The molecule has 0 aliphatic carbocycles. The molecule has 0 unspecified atom stereocenters. The highest BCUT2D eigenvalue weighted by molar-refractivity contribution is 7.92. The molecule has 0 aliphatic rings. The zero-order valence-corrected chi connectivity index (χ0v) is 15.5. The highest BCUT2D eigenvalue weighted by Gasteiger charge is 2.15. The van der Waals surface area contributed by atoms with Crippen molar-refractivity contribution in [1.29, 1.82) is 0 Å². The summed E-state index contributed by atoms with van der Waals surface area (Å²) in [6, 6.07) is 13.2. The van der Waals surface area contributed by atoms with Crippen LogP contribution in [0.2, 0.25) is 0 Å². The first-order valence-corrected chi connectivity index (χ1v) is 9.77. The Bertz CT molecular complexity index is 962. The van der Waals surface area contributed by atoms with E-state index in [9.17, 15) is 8.42 Å². The lowest BCUT2D eigenvalue weighted by Crippen LogP contribution is -2.14. The van der Waals surface area contributed by atoms with Gasteiger partial charge in [0.15, 0.2) is 5.82 Å². The third-order valence-electron chi connectivity index (χ3n) is 3.57. The lowest BCUT2D eigenvalue weighted by molar-refractivity contribution is 0.340. The number of sulfonamides is 1. The minimum absolute atomic E-state index is 0.118. The third kappa shape index (κ3) is 5.14. The summed E-state index contributed by atoms with van der Waals surface area (Å²) in [4.78, 5) is 4.08. The average Bonchev–Trinajstić information content (AvgIpc) is 2.69. The van der Waals surface area contributed by atoms with Crippen molar-refractivity contribution >= 4 is 21.7 Å². The van der Waals surface area contributed by atoms with E-state index in [4.69, 9.17) is 4.74 Å². The maximum absolute atomic E-state index is 12.4. The number of aromatic nitrogens is 3. The molecule has 2 N–H and O–H groups in total. The highest BCUT2D eigenvalue weighted by Crippen LogP contribution is 2.18. The summed E-state index contributed by atoms with van der Waals surface area (Å²) in [5, 5.41) is 11.0.